The van der Waals surface area contributed by atoms with Gasteiger partial charge in [0.15, 0.2) is 0 Å². The van der Waals surface area contributed by atoms with Gasteiger partial charge in [-0.3, -0.25) is 4.79 Å². The number of rotatable bonds is 1. The molecule has 0 spiro atoms. The number of hydrogen-bond acceptors (Lipinski definition) is 3. The molecule has 0 aromatic heterocycles. The number of carbonyl (C=O) groups is 2. The third-order valence-corrected chi connectivity index (χ3v) is 3.14. The Morgan fingerprint density at radius 3 is 2.82 bits per heavy atom. The van der Waals surface area contributed by atoms with Crippen LogP contribution in [0.25, 0.3) is 0 Å². The number of benzene rings is 1. The van der Waals surface area contributed by atoms with Crippen molar-refractivity contribution in [3.63, 3.8) is 0 Å². The molecule has 1 amide bonds. The first-order valence-electron chi connectivity index (χ1n) is 5.53. The molecule has 0 N–H and O–H groups in total. The lowest BCUT2D eigenvalue weighted by Gasteiger charge is -2.30. The molecule has 0 saturated carbocycles. The second-order valence-corrected chi connectivity index (χ2v) is 4.34. The second-order valence-electron chi connectivity index (χ2n) is 4.34. The number of nitrogens with zero attached hydrogens (tertiary/aromatic N) is 1. The molecule has 0 saturated heterocycles. The zero-order valence-corrected chi connectivity index (χ0v) is 10.2. The molecular formula is C13H15NO3. The lowest BCUT2D eigenvalue weighted by Crippen LogP contribution is -2.37. The van der Waals surface area contributed by atoms with E-state index in [0.717, 1.165) is 11.3 Å². The van der Waals surface area contributed by atoms with Gasteiger partial charge >= 0.3 is 5.97 Å². The third kappa shape index (κ3) is 1.90. The van der Waals surface area contributed by atoms with Crippen LogP contribution in [-0.4, -0.2) is 26.0 Å². The highest BCUT2D eigenvalue weighted by Gasteiger charge is 2.27. The average Bonchev–Trinajstić information content (AvgIpc) is 2.34. The molecule has 0 aliphatic carbocycles. The van der Waals surface area contributed by atoms with Gasteiger partial charge in [-0.05, 0) is 30.2 Å². The monoisotopic (exact) mass is 233 g/mol. The van der Waals surface area contributed by atoms with Gasteiger partial charge in [0, 0.05) is 18.7 Å². The summed E-state index contributed by atoms with van der Waals surface area (Å²) in [5.74, 6) is -0.274. The second kappa shape index (κ2) is 4.20. The van der Waals surface area contributed by atoms with Crippen molar-refractivity contribution in [2.75, 3.05) is 19.1 Å². The molecule has 4 heteroatoms. The predicted molar refractivity (Wildman–Crippen MR) is 64.1 cm³/mol. The Morgan fingerprint density at radius 1 is 1.47 bits per heavy atom. The van der Waals surface area contributed by atoms with Gasteiger partial charge in [-0.1, -0.05) is 6.92 Å². The number of fused-ring (bicyclic) bond motifs is 1. The van der Waals surface area contributed by atoms with Crippen molar-refractivity contribution in [1.29, 1.82) is 0 Å². The van der Waals surface area contributed by atoms with Crippen molar-refractivity contribution >= 4 is 17.6 Å². The Kier molecular flexibility index (Phi) is 2.88. The van der Waals surface area contributed by atoms with Gasteiger partial charge in [-0.25, -0.2) is 4.79 Å². The van der Waals surface area contributed by atoms with E-state index in [4.69, 9.17) is 0 Å². The molecule has 1 atom stereocenters. The maximum Gasteiger partial charge on any atom is 0.337 e. The highest BCUT2D eigenvalue weighted by molar-refractivity contribution is 5.98. The summed E-state index contributed by atoms with van der Waals surface area (Å²) in [6.07, 6.45) is 0.670. The molecule has 1 aromatic carbocycles. The molecule has 1 aliphatic rings. The van der Waals surface area contributed by atoms with E-state index in [1.807, 2.05) is 6.92 Å². The van der Waals surface area contributed by atoms with Gasteiger partial charge in [0.05, 0.1) is 12.7 Å². The van der Waals surface area contributed by atoms with Gasteiger partial charge < -0.3 is 9.64 Å². The normalized spacial score (nSPS) is 18.9. The minimum absolute atomic E-state index is 0.0413. The largest absolute Gasteiger partial charge is 0.465 e. The van der Waals surface area contributed by atoms with E-state index in [2.05, 4.69) is 4.74 Å². The van der Waals surface area contributed by atoms with Gasteiger partial charge in [-0.2, -0.15) is 0 Å². The SMILES string of the molecule is COC(=O)c1ccc2c(c1)CC(C)C(=O)N2C. The van der Waals surface area contributed by atoms with Crippen molar-refractivity contribution in [1.82, 2.24) is 0 Å². The lowest BCUT2D eigenvalue weighted by atomic mass is 9.92. The number of ether oxygens (including phenoxy) is 1. The van der Waals surface area contributed by atoms with Gasteiger partial charge in [0.2, 0.25) is 5.91 Å². The van der Waals surface area contributed by atoms with E-state index in [0.29, 0.717) is 12.0 Å². The number of methoxy groups -OCH3 is 1. The fraction of sp³-hybridized carbons (Fsp3) is 0.385. The molecule has 0 radical (unpaired) electrons. The standard InChI is InChI=1S/C13H15NO3/c1-8-6-10-7-9(13(16)17-3)4-5-11(10)14(2)12(8)15/h4-5,7-8H,6H2,1-3H3. The van der Waals surface area contributed by atoms with E-state index in [1.165, 1.54) is 7.11 Å². The lowest BCUT2D eigenvalue weighted by molar-refractivity contribution is -0.121. The molecule has 90 valence electrons. The first kappa shape index (κ1) is 11.6. The summed E-state index contributed by atoms with van der Waals surface area (Å²) in [6, 6.07) is 5.29. The van der Waals surface area contributed by atoms with Crippen LogP contribution in [0.5, 0.6) is 0 Å². The fourth-order valence-corrected chi connectivity index (χ4v) is 2.19. The van der Waals surface area contributed by atoms with Crippen molar-refractivity contribution in [3.8, 4) is 0 Å². The summed E-state index contributed by atoms with van der Waals surface area (Å²) in [5.41, 5.74) is 2.42. The molecule has 1 heterocycles. The molecule has 0 fully saturated rings. The molecular weight excluding hydrogens is 218 g/mol. The Labute approximate surface area is 100 Å². The molecule has 4 nitrogen and oxygen atoms in total. The van der Waals surface area contributed by atoms with Crippen molar-refractivity contribution in [2.24, 2.45) is 5.92 Å². The number of anilines is 1. The summed E-state index contributed by atoms with van der Waals surface area (Å²) in [7, 11) is 3.12. The van der Waals surface area contributed by atoms with E-state index >= 15 is 0 Å². The minimum Gasteiger partial charge on any atom is -0.465 e. The average molecular weight is 233 g/mol. The van der Waals surface area contributed by atoms with Gasteiger partial charge in [0.1, 0.15) is 0 Å². The van der Waals surface area contributed by atoms with Crippen LogP contribution < -0.4 is 4.90 Å². The maximum absolute atomic E-state index is 11.8. The highest BCUT2D eigenvalue weighted by atomic mass is 16.5. The van der Waals surface area contributed by atoms with Crippen LogP contribution in [0.1, 0.15) is 22.8 Å². The highest BCUT2D eigenvalue weighted by Crippen LogP contribution is 2.30. The van der Waals surface area contributed by atoms with Crippen molar-refractivity contribution in [3.05, 3.63) is 29.3 Å². The first-order chi connectivity index (χ1) is 8.04. The topological polar surface area (TPSA) is 46.6 Å². The summed E-state index contributed by atoms with van der Waals surface area (Å²) in [4.78, 5) is 24.9. The number of carbonyl (C=O) groups excluding carboxylic acids is 2. The maximum atomic E-state index is 11.8. The molecule has 17 heavy (non-hydrogen) atoms. The van der Waals surface area contributed by atoms with E-state index < -0.39 is 0 Å². The quantitative estimate of drug-likeness (QED) is 0.692. The Hall–Kier alpha value is -1.84. The fourth-order valence-electron chi connectivity index (χ4n) is 2.19. The third-order valence-electron chi connectivity index (χ3n) is 3.14. The first-order valence-corrected chi connectivity index (χ1v) is 5.53. The van der Waals surface area contributed by atoms with Crippen LogP contribution in [0, 0.1) is 5.92 Å². The van der Waals surface area contributed by atoms with E-state index in [9.17, 15) is 9.59 Å². The van der Waals surface area contributed by atoms with Crippen LogP contribution in [0.2, 0.25) is 0 Å². The summed E-state index contributed by atoms with van der Waals surface area (Å²) < 4.78 is 4.68. The molecule has 2 rings (SSSR count). The number of amides is 1. The molecule has 1 unspecified atom stereocenters. The van der Waals surface area contributed by atoms with Crippen LogP contribution in [0.15, 0.2) is 18.2 Å². The summed E-state index contributed by atoms with van der Waals surface area (Å²) in [6.45, 7) is 1.90. The number of hydrogen-bond donors (Lipinski definition) is 0. The van der Waals surface area contributed by atoms with E-state index in [1.54, 1.807) is 30.1 Å². The smallest absolute Gasteiger partial charge is 0.337 e. The van der Waals surface area contributed by atoms with Crippen LogP contribution in [-0.2, 0) is 16.0 Å². The van der Waals surface area contributed by atoms with E-state index in [-0.39, 0.29) is 17.8 Å². The van der Waals surface area contributed by atoms with Gasteiger partial charge in [0.25, 0.3) is 0 Å². The zero-order chi connectivity index (χ0) is 12.6. The summed E-state index contributed by atoms with van der Waals surface area (Å²) in [5, 5.41) is 0. The Bertz CT molecular complexity index is 482. The van der Waals surface area contributed by atoms with Crippen molar-refractivity contribution < 1.29 is 14.3 Å². The predicted octanol–water partition coefficient (Wildman–Crippen LogP) is 1.63. The Balaban J connectivity index is 2.44. The van der Waals surface area contributed by atoms with Crippen LogP contribution in [0.3, 0.4) is 0 Å². The Morgan fingerprint density at radius 2 is 2.18 bits per heavy atom. The minimum atomic E-state index is -0.347. The number of esters is 1. The molecule has 1 aromatic rings. The zero-order valence-electron chi connectivity index (χ0n) is 10.2. The molecule has 0 bridgehead atoms. The molecule has 1 aliphatic heterocycles. The van der Waals surface area contributed by atoms with Crippen LogP contribution in [0.4, 0.5) is 5.69 Å². The van der Waals surface area contributed by atoms with Crippen LogP contribution >= 0.6 is 0 Å². The van der Waals surface area contributed by atoms with Crippen molar-refractivity contribution in [2.45, 2.75) is 13.3 Å². The summed E-state index contributed by atoms with van der Waals surface area (Å²) >= 11 is 0. The van der Waals surface area contributed by atoms with Gasteiger partial charge in [-0.15, -0.1) is 0 Å².